The van der Waals surface area contributed by atoms with Crippen molar-refractivity contribution in [2.45, 2.75) is 104 Å². The fourth-order valence-corrected chi connectivity index (χ4v) is 9.77. The van der Waals surface area contributed by atoms with E-state index >= 15 is 0 Å². The molecular weight excluding hydrogens is 420 g/mol. The maximum Gasteiger partial charge on any atom is 0.0577 e. The molecule has 0 aromatic heterocycles. The molecule has 0 spiro atoms. The second-order valence-electron chi connectivity index (χ2n) is 12.1. The Morgan fingerprint density at radius 1 is 1.07 bits per heavy atom. The zero-order valence-corrected chi connectivity index (χ0v) is 21.0. The van der Waals surface area contributed by atoms with Crippen molar-refractivity contribution in [3.63, 3.8) is 0 Å². The molecule has 4 rings (SSSR count). The summed E-state index contributed by atoms with van der Waals surface area (Å²) in [6.07, 6.45) is 17.0. The van der Waals surface area contributed by atoms with E-state index in [1.165, 1.54) is 57.8 Å². The van der Waals surface area contributed by atoms with Gasteiger partial charge in [-0.2, -0.15) is 0 Å². The van der Waals surface area contributed by atoms with Gasteiger partial charge in [0.25, 0.3) is 0 Å². The van der Waals surface area contributed by atoms with Gasteiger partial charge in [0.05, 0.1) is 6.10 Å². The molecule has 2 heteroatoms. The van der Waals surface area contributed by atoms with Crippen LogP contribution in [0.5, 0.6) is 0 Å². The van der Waals surface area contributed by atoms with Crippen LogP contribution in [0, 0.1) is 46.3 Å². The van der Waals surface area contributed by atoms with E-state index in [0.29, 0.717) is 10.8 Å². The number of alkyl halides is 1. The summed E-state index contributed by atoms with van der Waals surface area (Å²) in [5, 5.41) is 11.4. The van der Waals surface area contributed by atoms with Gasteiger partial charge in [-0.05, 0) is 92.3 Å². The van der Waals surface area contributed by atoms with Crippen molar-refractivity contribution in [1.82, 2.24) is 0 Å². The summed E-state index contributed by atoms with van der Waals surface area (Å²) in [7, 11) is 0. The first-order chi connectivity index (χ1) is 13.8. The van der Waals surface area contributed by atoms with Crippen LogP contribution in [-0.4, -0.2) is 16.5 Å². The van der Waals surface area contributed by atoms with Crippen molar-refractivity contribution in [3.05, 3.63) is 11.6 Å². The van der Waals surface area contributed by atoms with Crippen LogP contribution >= 0.6 is 15.9 Å². The highest BCUT2D eigenvalue weighted by Gasteiger charge is 2.59. The lowest BCUT2D eigenvalue weighted by Crippen LogP contribution is -2.52. The number of allylic oxidation sites excluding steroid dienone is 1. The summed E-state index contributed by atoms with van der Waals surface area (Å²) < 4.78 is 0. The van der Waals surface area contributed by atoms with E-state index in [9.17, 15) is 5.11 Å². The highest BCUT2D eigenvalue weighted by molar-refractivity contribution is 9.09. The molecule has 8 atom stereocenters. The Bertz CT molecular complexity index is 612. The van der Waals surface area contributed by atoms with Crippen molar-refractivity contribution < 1.29 is 5.11 Å². The van der Waals surface area contributed by atoms with Crippen LogP contribution in [0.25, 0.3) is 0 Å². The molecule has 1 nitrogen and oxygen atoms in total. The summed E-state index contributed by atoms with van der Waals surface area (Å²) in [4.78, 5) is 0. The Hall–Kier alpha value is 0.180. The lowest BCUT2D eigenvalue weighted by atomic mass is 9.47. The second-order valence-corrected chi connectivity index (χ2v) is 12.6. The van der Waals surface area contributed by atoms with Gasteiger partial charge in [0, 0.05) is 10.7 Å². The fraction of sp³-hybridized carbons (Fsp3) is 0.926. The number of fused-ring (bicyclic) bond motifs is 5. The van der Waals surface area contributed by atoms with E-state index in [1.54, 1.807) is 5.57 Å². The molecule has 3 saturated carbocycles. The first kappa shape index (κ1) is 22.4. The molecule has 0 radical (unpaired) electrons. The van der Waals surface area contributed by atoms with E-state index in [4.69, 9.17) is 0 Å². The van der Waals surface area contributed by atoms with Crippen LogP contribution in [0.3, 0.4) is 0 Å². The fourth-order valence-electron chi connectivity index (χ4n) is 8.71. The molecule has 0 unspecified atom stereocenters. The molecule has 1 N–H and O–H groups in total. The van der Waals surface area contributed by atoms with Gasteiger partial charge in [-0.25, -0.2) is 0 Å². The molecule has 0 aromatic rings. The Labute approximate surface area is 188 Å². The van der Waals surface area contributed by atoms with Crippen LogP contribution in [0.4, 0.5) is 0 Å². The number of aliphatic hydroxyl groups is 1. The third-order valence-corrected chi connectivity index (χ3v) is 11.2. The van der Waals surface area contributed by atoms with E-state index in [0.717, 1.165) is 53.7 Å². The van der Waals surface area contributed by atoms with E-state index < -0.39 is 0 Å². The molecule has 0 aliphatic heterocycles. The molecule has 29 heavy (non-hydrogen) atoms. The summed E-state index contributed by atoms with van der Waals surface area (Å²) >= 11 is 3.96. The Kier molecular flexibility index (Phi) is 6.64. The largest absolute Gasteiger partial charge is 0.393 e. The molecule has 3 fully saturated rings. The molecule has 166 valence electrons. The van der Waals surface area contributed by atoms with Crippen LogP contribution in [-0.2, 0) is 0 Å². The van der Waals surface area contributed by atoms with Gasteiger partial charge in [0.1, 0.15) is 0 Å². The Morgan fingerprint density at radius 3 is 2.59 bits per heavy atom. The van der Waals surface area contributed by atoms with Gasteiger partial charge in [-0.15, -0.1) is 0 Å². The van der Waals surface area contributed by atoms with Crippen LogP contribution in [0.2, 0.25) is 0 Å². The topological polar surface area (TPSA) is 20.2 Å². The number of aliphatic hydroxyl groups excluding tert-OH is 1. The maximum absolute atomic E-state index is 10.3. The van der Waals surface area contributed by atoms with Crippen LogP contribution in [0.1, 0.15) is 98.3 Å². The molecule has 0 amide bonds. The predicted octanol–water partition coefficient (Wildman–Crippen LogP) is 7.76. The van der Waals surface area contributed by atoms with Crippen molar-refractivity contribution >= 4 is 15.9 Å². The lowest BCUT2D eigenvalue weighted by Gasteiger charge is -2.59. The summed E-state index contributed by atoms with van der Waals surface area (Å²) in [5.41, 5.74) is 2.53. The van der Waals surface area contributed by atoms with Crippen molar-refractivity contribution in [3.8, 4) is 0 Å². The zero-order valence-electron chi connectivity index (χ0n) is 19.4. The van der Waals surface area contributed by atoms with Gasteiger partial charge in [-0.3, -0.25) is 0 Å². The number of halogens is 1. The van der Waals surface area contributed by atoms with Crippen molar-refractivity contribution in [1.29, 1.82) is 0 Å². The minimum absolute atomic E-state index is 0.0959. The summed E-state index contributed by atoms with van der Waals surface area (Å²) in [5.74, 6) is 5.35. The molecule has 4 aliphatic carbocycles. The summed E-state index contributed by atoms with van der Waals surface area (Å²) in [6.45, 7) is 10.0. The summed E-state index contributed by atoms with van der Waals surface area (Å²) in [6, 6.07) is 0. The zero-order chi connectivity index (χ0) is 20.8. The number of hydrogen-bond acceptors (Lipinski definition) is 1. The average Bonchev–Trinajstić information content (AvgIpc) is 3.04. The third-order valence-electron chi connectivity index (χ3n) is 10.2. The van der Waals surface area contributed by atoms with Gasteiger partial charge in [-0.1, -0.05) is 74.5 Å². The predicted molar refractivity (Wildman–Crippen MR) is 127 cm³/mol. The van der Waals surface area contributed by atoms with Gasteiger partial charge in [0.2, 0.25) is 0 Å². The monoisotopic (exact) mass is 464 g/mol. The smallest absolute Gasteiger partial charge is 0.0577 e. The molecular formula is C27H45BrO. The first-order valence-corrected chi connectivity index (χ1v) is 13.9. The van der Waals surface area contributed by atoms with E-state index in [-0.39, 0.29) is 6.10 Å². The highest BCUT2D eigenvalue weighted by Crippen LogP contribution is 2.67. The SMILES string of the molecule is CC(C)CCC[C@@H](C)[C@H]1CC[C@H]2[C@@H]3CC=C4C[C@@H](O)CC[C@]4(CBr)[C@H]3CC[C@]12C. The van der Waals surface area contributed by atoms with E-state index in [1.807, 2.05) is 0 Å². The third kappa shape index (κ3) is 3.81. The molecule has 0 aromatic carbocycles. The van der Waals surface area contributed by atoms with Crippen LogP contribution < -0.4 is 0 Å². The quantitative estimate of drug-likeness (QED) is 0.314. The van der Waals surface area contributed by atoms with Crippen molar-refractivity contribution in [2.75, 3.05) is 5.33 Å². The lowest BCUT2D eigenvalue weighted by molar-refractivity contribution is -0.0553. The number of hydrogen-bond donors (Lipinski definition) is 1. The minimum Gasteiger partial charge on any atom is -0.393 e. The molecule has 4 aliphatic rings. The maximum atomic E-state index is 10.3. The highest BCUT2D eigenvalue weighted by atomic mass is 79.9. The Balaban J connectivity index is 1.51. The first-order valence-electron chi connectivity index (χ1n) is 12.8. The molecule has 0 saturated heterocycles. The Morgan fingerprint density at radius 2 is 1.86 bits per heavy atom. The second kappa shape index (κ2) is 8.61. The average molecular weight is 466 g/mol. The van der Waals surface area contributed by atoms with Crippen molar-refractivity contribution in [2.24, 2.45) is 46.3 Å². The van der Waals surface area contributed by atoms with Crippen LogP contribution in [0.15, 0.2) is 11.6 Å². The van der Waals surface area contributed by atoms with Gasteiger partial charge in [0.15, 0.2) is 0 Å². The van der Waals surface area contributed by atoms with Gasteiger partial charge >= 0.3 is 0 Å². The molecule has 0 heterocycles. The minimum atomic E-state index is -0.0959. The van der Waals surface area contributed by atoms with Gasteiger partial charge < -0.3 is 5.11 Å². The normalized spacial score (nSPS) is 45.3. The van der Waals surface area contributed by atoms with E-state index in [2.05, 4.69) is 49.7 Å². The number of rotatable bonds is 6. The molecule has 0 bridgehead atoms. The standard InChI is InChI=1S/C27H45BrO/c1-18(2)6-5-7-19(3)23-10-11-24-22-9-8-20-16-21(29)12-15-27(20,17-28)25(22)13-14-26(23,24)4/h8,18-19,21-25,29H,5-7,9-17H2,1-4H3/t19-,21+,22+,23-,24+,25+,26-,27-/m1/s1.